The van der Waals surface area contributed by atoms with Gasteiger partial charge in [0.25, 0.3) is 0 Å². The summed E-state index contributed by atoms with van der Waals surface area (Å²) in [6, 6.07) is 8.37. The lowest BCUT2D eigenvalue weighted by Crippen LogP contribution is -2.41. The molecule has 1 N–H and O–H groups in total. The van der Waals surface area contributed by atoms with Crippen molar-refractivity contribution in [2.45, 2.75) is 78.1 Å². The zero-order chi connectivity index (χ0) is 20.6. The fourth-order valence-electron chi connectivity index (χ4n) is 3.36. The van der Waals surface area contributed by atoms with E-state index in [2.05, 4.69) is 5.32 Å². The maximum Gasteiger partial charge on any atom is 0.410 e. The second-order valence-corrected chi connectivity index (χ2v) is 8.27. The van der Waals surface area contributed by atoms with E-state index < -0.39 is 5.60 Å². The van der Waals surface area contributed by atoms with E-state index in [0.29, 0.717) is 19.7 Å². The molecule has 1 amide bonds. The average molecular weight is 391 g/mol. The first-order valence-corrected chi connectivity index (χ1v) is 10.2. The molecule has 2 rings (SSSR count). The molecule has 0 saturated heterocycles. The molecule has 6 heteroatoms. The Labute approximate surface area is 168 Å². The first-order chi connectivity index (χ1) is 13.3. The third-order valence-electron chi connectivity index (χ3n) is 4.67. The van der Waals surface area contributed by atoms with Crippen LogP contribution in [0.4, 0.5) is 4.79 Å². The summed E-state index contributed by atoms with van der Waals surface area (Å²) < 4.78 is 10.5. The number of amides is 1. The van der Waals surface area contributed by atoms with Crippen LogP contribution in [0.3, 0.4) is 0 Å². The third kappa shape index (κ3) is 7.50. The second kappa shape index (κ2) is 10.5. The molecule has 1 aromatic carbocycles. The van der Waals surface area contributed by atoms with E-state index in [1.54, 1.807) is 6.92 Å². The normalized spacial score (nSPS) is 14.7. The topological polar surface area (TPSA) is 67.9 Å². The van der Waals surface area contributed by atoms with E-state index in [1.165, 1.54) is 0 Å². The molecule has 0 aromatic heterocycles. The van der Waals surface area contributed by atoms with E-state index in [-0.39, 0.29) is 24.6 Å². The maximum absolute atomic E-state index is 12.7. The van der Waals surface area contributed by atoms with Crippen molar-refractivity contribution in [3.05, 3.63) is 35.4 Å². The van der Waals surface area contributed by atoms with E-state index >= 15 is 0 Å². The van der Waals surface area contributed by atoms with E-state index in [1.807, 2.05) is 49.9 Å². The molecule has 1 aliphatic rings. The molecular weight excluding hydrogens is 356 g/mol. The lowest BCUT2D eigenvalue weighted by molar-refractivity contribution is -0.142. The van der Waals surface area contributed by atoms with Gasteiger partial charge in [-0.2, -0.15) is 0 Å². The highest BCUT2D eigenvalue weighted by atomic mass is 16.6. The van der Waals surface area contributed by atoms with Gasteiger partial charge < -0.3 is 19.7 Å². The molecule has 1 fully saturated rings. The molecule has 6 nitrogen and oxygen atoms in total. The van der Waals surface area contributed by atoms with Gasteiger partial charge >= 0.3 is 12.1 Å². The molecule has 0 heterocycles. The fourth-order valence-corrected chi connectivity index (χ4v) is 3.36. The second-order valence-electron chi connectivity index (χ2n) is 8.27. The van der Waals surface area contributed by atoms with E-state index in [4.69, 9.17) is 9.47 Å². The number of carbonyl (C=O) groups excluding carboxylic acids is 2. The van der Waals surface area contributed by atoms with Crippen LogP contribution in [0.25, 0.3) is 0 Å². The Hall–Kier alpha value is -2.08. The van der Waals surface area contributed by atoms with Gasteiger partial charge in [0, 0.05) is 19.1 Å². The summed E-state index contributed by atoms with van der Waals surface area (Å²) in [4.78, 5) is 26.0. The van der Waals surface area contributed by atoms with Gasteiger partial charge in [0.2, 0.25) is 0 Å². The van der Waals surface area contributed by atoms with Crippen molar-refractivity contribution in [3.8, 4) is 0 Å². The number of nitrogens with one attached hydrogen (secondary N) is 1. The van der Waals surface area contributed by atoms with Crippen molar-refractivity contribution in [1.82, 2.24) is 10.2 Å². The molecule has 1 saturated carbocycles. The van der Waals surface area contributed by atoms with Gasteiger partial charge in [-0.3, -0.25) is 4.79 Å². The lowest BCUT2D eigenvalue weighted by atomic mass is 10.1. The molecule has 0 aliphatic heterocycles. The van der Waals surface area contributed by atoms with Crippen molar-refractivity contribution in [1.29, 1.82) is 0 Å². The lowest BCUT2D eigenvalue weighted by Gasteiger charge is -2.31. The number of rotatable bonds is 8. The van der Waals surface area contributed by atoms with Gasteiger partial charge in [-0.25, -0.2) is 4.79 Å². The van der Waals surface area contributed by atoms with E-state index in [0.717, 1.165) is 36.8 Å². The summed E-state index contributed by atoms with van der Waals surface area (Å²) >= 11 is 0. The standard InChI is InChI=1S/C22H34N2O4/c1-5-27-20(25)15-23-14-17-10-12-18(13-11-17)16-24(19-8-6-7-9-19)21(26)28-22(2,3)4/h10-13,19,23H,5-9,14-16H2,1-4H3. The van der Waals surface area contributed by atoms with Crippen LogP contribution in [0.2, 0.25) is 0 Å². The van der Waals surface area contributed by atoms with Crippen molar-refractivity contribution in [2.24, 2.45) is 0 Å². The minimum absolute atomic E-state index is 0.198. The van der Waals surface area contributed by atoms with Crippen LogP contribution < -0.4 is 5.32 Å². The zero-order valence-corrected chi connectivity index (χ0v) is 17.6. The maximum atomic E-state index is 12.7. The molecule has 0 radical (unpaired) electrons. The highest BCUT2D eigenvalue weighted by Gasteiger charge is 2.30. The highest BCUT2D eigenvalue weighted by molar-refractivity contribution is 5.71. The van der Waals surface area contributed by atoms with Crippen molar-refractivity contribution in [2.75, 3.05) is 13.2 Å². The Morgan fingerprint density at radius 2 is 1.71 bits per heavy atom. The van der Waals surface area contributed by atoms with Gasteiger partial charge in [0.1, 0.15) is 5.60 Å². The summed E-state index contributed by atoms with van der Waals surface area (Å²) in [5, 5.41) is 3.08. The quantitative estimate of drug-likeness (QED) is 0.679. The minimum Gasteiger partial charge on any atom is -0.465 e. The van der Waals surface area contributed by atoms with Crippen molar-refractivity contribution >= 4 is 12.1 Å². The summed E-state index contributed by atoms with van der Waals surface area (Å²) in [5.41, 5.74) is 1.66. The number of benzene rings is 1. The minimum atomic E-state index is -0.498. The molecule has 0 bridgehead atoms. The van der Waals surface area contributed by atoms with E-state index in [9.17, 15) is 9.59 Å². The SMILES string of the molecule is CCOC(=O)CNCc1ccc(CN(C(=O)OC(C)(C)C)C2CCCC2)cc1. The summed E-state index contributed by atoms with van der Waals surface area (Å²) in [5.74, 6) is -0.247. The number of esters is 1. The first kappa shape index (κ1) is 22.2. The Morgan fingerprint density at radius 1 is 1.11 bits per heavy atom. The fraction of sp³-hybridized carbons (Fsp3) is 0.636. The molecule has 1 aliphatic carbocycles. The predicted octanol–water partition coefficient (Wildman–Crippen LogP) is 4.02. The predicted molar refractivity (Wildman–Crippen MR) is 109 cm³/mol. The van der Waals surface area contributed by atoms with Gasteiger partial charge in [-0.15, -0.1) is 0 Å². The first-order valence-electron chi connectivity index (χ1n) is 10.2. The third-order valence-corrected chi connectivity index (χ3v) is 4.67. The van der Waals surface area contributed by atoms with Gasteiger partial charge in [-0.1, -0.05) is 37.1 Å². The summed E-state index contributed by atoms with van der Waals surface area (Å²) in [7, 11) is 0. The van der Waals surface area contributed by atoms with Crippen LogP contribution >= 0.6 is 0 Å². The average Bonchev–Trinajstić information content (AvgIpc) is 3.14. The number of ether oxygens (including phenoxy) is 2. The zero-order valence-electron chi connectivity index (χ0n) is 17.6. The van der Waals surface area contributed by atoms with Crippen LogP contribution in [-0.4, -0.2) is 41.8 Å². The molecular formula is C22H34N2O4. The largest absolute Gasteiger partial charge is 0.465 e. The smallest absolute Gasteiger partial charge is 0.410 e. The molecule has 0 atom stereocenters. The van der Waals surface area contributed by atoms with Gasteiger partial charge in [0.15, 0.2) is 0 Å². The Balaban J connectivity index is 1.94. The highest BCUT2D eigenvalue weighted by Crippen LogP contribution is 2.26. The van der Waals surface area contributed by atoms with Gasteiger partial charge in [0.05, 0.1) is 13.2 Å². The number of hydrogen-bond acceptors (Lipinski definition) is 5. The van der Waals surface area contributed by atoms with Crippen molar-refractivity contribution in [3.63, 3.8) is 0 Å². The molecule has 0 spiro atoms. The number of carbonyl (C=O) groups is 2. The Bertz CT molecular complexity index is 631. The monoisotopic (exact) mass is 390 g/mol. The molecule has 1 aromatic rings. The molecule has 28 heavy (non-hydrogen) atoms. The summed E-state index contributed by atoms with van der Waals surface area (Å²) in [6.07, 6.45) is 4.16. The van der Waals surface area contributed by atoms with Crippen LogP contribution in [0.15, 0.2) is 24.3 Å². The van der Waals surface area contributed by atoms with Crippen LogP contribution in [0, 0.1) is 0 Å². The number of hydrogen-bond donors (Lipinski definition) is 1. The Morgan fingerprint density at radius 3 is 2.29 bits per heavy atom. The van der Waals surface area contributed by atoms with Crippen LogP contribution in [-0.2, 0) is 27.4 Å². The molecule has 0 unspecified atom stereocenters. The summed E-state index contributed by atoms with van der Waals surface area (Å²) in [6.45, 7) is 9.23. The number of nitrogens with zero attached hydrogens (tertiary/aromatic N) is 1. The molecule has 156 valence electrons. The van der Waals surface area contributed by atoms with Crippen LogP contribution in [0.5, 0.6) is 0 Å². The van der Waals surface area contributed by atoms with Gasteiger partial charge in [-0.05, 0) is 51.7 Å². The van der Waals surface area contributed by atoms with Crippen molar-refractivity contribution < 1.29 is 19.1 Å². The Kier molecular flexibility index (Phi) is 8.30. The van der Waals surface area contributed by atoms with Crippen LogP contribution in [0.1, 0.15) is 64.5 Å².